The van der Waals surface area contributed by atoms with Gasteiger partial charge in [-0.15, -0.1) is 0 Å². The Labute approximate surface area is 118 Å². The predicted molar refractivity (Wildman–Crippen MR) is 80.3 cm³/mol. The van der Waals surface area contributed by atoms with Crippen molar-refractivity contribution in [3.05, 3.63) is 65.7 Å². The zero-order chi connectivity index (χ0) is 14.0. The maximum Gasteiger partial charge on any atom is 0.235 e. The molecule has 3 heteroatoms. The molecule has 3 N–H and O–H groups in total. The molecule has 1 saturated carbocycles. The second kappa shape index (κ2) is 5.10. The van der Waals surface area contributed by atoms with Crippen LogP contribution in [0, 0.1) is 0 Å². The Kier molecular flexibility index (Phi) is 3.28. The molecule has 2 aromatic rings. The summed E-state index contributed by atoms with van der Waals surface area (Å²) in [6, 6.07) is 17.7. The molecular weight excluding hydrogens is 248 g/mol. The van der Waals surface area contributed by atoms with Gasteiger partial charge in [0.2, 0.25) is 5.91 Å². The molecule has 20 heavy (non-hydrogen) atoms. The largest absolute Gasteiger partial charge is 0.326 e. The van der Waals surface area contributed by atoms with Crippen LogP contribution in [0.4, 0.5) is 5.69 Å². The van der Waals surface area contributed by atoms with E-state index in [1.807, 2.05) is 54.6 Å². The summed E-state index contributed by atoms with van der Waals surface area (Å²) >= 11 is 0. The number of rotatable bonds is 4. The molecule has 0 unspecified atom stereocenters. The second-order valence-electron chi connectivity index (χ2n) is 5.30. The normalized spacial score (nSPS) is 15.7. The fourth-order valence-electron chi connectivity index (χ4n) is 2.50. The number of nitrogens with one attached hydrogen (secondary N) is 1. The molecule has 2 aromatic carbocycles. The summed E-state index contributed by atoms with van der Waals surface area (Å²) in [4.78, 5) is 12.5. The van der Waals surface area contributed by atoms with Gasteiger partial charge < -0.3 is 11.1 Å². The molecule has 1 aliphatic rings. The van der Waals surface area contributed by atoms with Crippen molar-refractivity contribution in [2.24, 2.45) is 5.73 Å². The first-order chi connectivity index (χ1) is 9.74. The summed E-state index contributed by atoms with van der Waals surface area (Å²) in [5.74, 6) is 0.0872. The van der Waals surface area contributed by atoms with Crippen LogP contribution >= 0.6 is 0 Å². The van der Waals surface area contributed by atoms with Crippen molar-refractivity contribution < 1.29 is 4.79 Å². The number of carbonyl (C=O) groups excluding carboxylic acids is 1. The van der Waals surface area contributed by atoms with E-state index in [0.717, 1.165) is 29.7 Å². The van der Waals surface area contributed by atoms with E-state index in [2.05, 4.69) is 5.32 Å². The van der Waals surface area contributed by atoms with Crippen LogP contribution in [-0.4, -0.2) is 5.91 Å². The fourth-order valence-corrected chi connectivity index (χ4v) is 2.50. The van der Waals surface area contributed by atoms with Crippen molar-refractivity contribution in [3.63, 3.8) is 0 Å². The molecule has 1 fully saturated rings. The van der Waals surface area contributed by atoms with Crippen molar-refractivity contribution in [1.82, 2.24) is 0 Å². The molecule has 0 radical (unpaired) electrons. The van der Waals surface area contributed by atoms with Gasteiger partial charge in [-0.3, -0.25) is 4.79 Å². The van der Waals surface area contributed by atoms with Gasteiger partial charge in [0.05, 0.1) is 5.41 Å². The number of hydrogen-bond donors (Lipinski definition) is 2. The average Bonchev–Trinajstić information content (AvgIpc) is 3.31. The number of benzene rings is 2. The molecule has 3 rings (SSSR count). The van der Waals surface area contributed by atoms with Crippen LogP contribution < -0.4 is 11.1 Å². The maximum atomic E-state index is 12.5. The Bertz CT molecular complexity index is 601. The lowest BCUT2D eigenvalue weighted by Gasteiger charge is -2.16. The highest BCUT2D eigenvalue weighted by Crippen LogP contribution is 2.48. The lowest BCUT2D eigenvalue weighted by molar-refractivity contribution is -0.118. The molecule has 102 valence electrons. The second-order valence-corrected chi connectivity index (χ2v) is 5.30. The molecule has 0 saturated heterocycles. The smallest absolute Gasteiger partial charge is 0.235 e. The summed E-state index contributed by atoms with van der Waals surface area (Å²) in [6.45, 7) is 0.516. The highest BCUT2D eigenvalue weighted by Gasteiger charge is 2.51. The number of anilines is 1. The molecule has 0 aliphatic heterocycles. The van der Waals surface area contributed by atoms with E-state index in [1.54, 1.807) is 0 Å². The van der Waals surface area contributed by atoms with Crippen molar-refractivity contribution in [1.29, 1.82) is 0 Å². The lowest BCUT2D eigenvalue weighted by Crippen LogP contribution is -2.27. The molecule has 0 atom stereocenters. The number of hydrogen-bond acceptors (Lipinski definition) is 2. The van der Waals surface area contributed by atoms with E-state index in [9.17, 15) is 4.79 Å². The van der Waals surface area contributed by atoms with E-state index in [-0.39, 0.29) is 11.3 Å². The van der Waals surface area contributed by atoms with Crippen molar-refractivity contribution in [2.75, 3.05) is 5.32 Å². The minimum atomic E-state index is -0.326. The monoisotopic (exact) mass is 266 g/mol. The van der Waals surface area contributed by atoms with Crippen LogP contribution in [0.25, 0.3) is 0 Å². The Morgan fingerprint density at radius 1 is 1.05 bits per heavy atom. The first-order valence-electron chi connectivity index (χ1n) is 6.91. The quantitative estimate of drug-likeness (QED) is 0.894. The van der Waals surface area contributed by atoms with Crippen LogP contribution in [0.1, 0.15) is 24.0 Å². The number of amides is 1. The summed E-state index contributed by atoms with van der Waals surface area (Å²) in [6.07, 6.45) is 1.84. The summed E-state index contributed by atoms with van der Waals surface area (Å²) in [7, 11) is 0. The van der Waals surface area contributed by atoms with E-state index >= 15 is 0 Å². The molecular formula is C17H18N2O. The van der Waals surface area contributed by atoms with E-state index in [0.29, 0.717) is 6.54 Å². The van der Waals surface area contributed by atoms with Crippen molar-refractivity contribution in [3.8, 4) is 0 Å². The lowest BCUT2D eigenvalue weighted by atomic mass is 9.95. The molecule has 0 aromatic heterocycles. The predicted octanol–water partition coefficient (Wildman–Crippen LogP) is 2.82. The topological polar surface area (TPSA) is 55.1 Å². The van der Waals surface area contributed by atoms with Gasteiger partial charge in [0.25, 0.3) is 0 Å². The van der Waals surface area contributed by atoms with Gasteiger partial charge in [0.1, 0.15) is 0 Å². The van der Waals surface area contributed by atoms with Crippen LogP contribution in [0.15, 0.2) is 54.6 Å². The van der Waals surface area contributed by atoms with Crippen LogP contribution in [0.3, 0.4) is 0 Å². The molecule has 0 spiro atoms. The molecule has 1 aliphatic carbocycles. The van der Waals surface area contributed by atoms with E-state index < -0.39 is 0 Å². The van der Waals surface area contributed by atoms with Gasteiger partial charge in [-0.2, -0.15) is 0 Å². The SMILES string of the molecule is NCc1ccc(NC(=O)C2(c3ccccc3)CC2)cc1. The minimum Gasteiger partial charge on any atom is -0.326 e. The summed E-state index contributed by atoms with van der Waals surface area (Å²) < 4.78 is 0. The Hall–Kier alpha value is -2.13. The third-order valence-electron chi connectivity index (χ3n) is 3.96. The van der Waals surface area contributed by atoms with Crippen molar-refractivity contribution >= 4 is 11.6 Å². The molecule has 0 bridgehead atoms. The van der Waals surface area contributed by atoms with E-state index in [1.165, 1.54) is 0 Å². The third kappa shape index (κ3) is 2.32. The number of nitrogens with two attached hydrogens (primary N) is 1. The van der Waals surface area contributed by atoms with E-state index in [4.69, 9.17) is 5.73 Å². The van der Waals surface area contributed by atoms with Gasteiger partial charge in [0, 0.05) is 12.2 Å². The first kappa shape index (κ1) is 12.9. The van der Waals surface area contributed by atoms with Crippen LogP contribution in [0.2, 0.25) is 0 Å². The first-order valence-corrected chi connectivity index (χ1v) is 6.91. The molecule has 1 amide bonds. The third-order valence-corrected chi connectivity index (χ3v) is 3.96. The summed E-state index contributed by atoms with van der Waals surface area (Å²) in [5.41, 5.74) is 8.24. The van der Waals surface area contributed by atoms with Crippen molar-refractivity contribution in [2.45, 2.75) is 24.8 Å². The highest BCUT2D eigenvalue weighted by atomic mass is 16.2. The van der Waals surface area contributed by atoms with Gasteiger partial charge in [-0.1, -0.05) is 42.5 Å². The van der Waals surface area contributed by atoms with Crippen LogP contribution in [-0.2, 0) is 16.8 Å². The van der Waals surface area contributed by atoms with Gasteiger partial charge in [0.15, 0.2) is 0 Å². The Morgan fingerprint density at radius 2 is 1.70 bits per heavy atom. The standard InChI is InChI=1S/C17H18N2O/c18-12-13-6-8-15(9-7-13)19-16(20)17(10-11-17)14-4-2-1-3-5-14/h1-9H,10-12,18H2,(H,19,20). The average molecular weight is 266 g/mol. The number of carbonyl (C=O) groups is 1. The van der Waals surface area contributed by atoms with Gasteiger partial charge >= 0.3 is 0 Å². The Balaban J connectivity index is 1.76. The minimum absolute atomic E-state index is 0.0872. The zero-order valence-corrected chi connectivity index (χ0v) is 11.3. The van der Waals surface area contributed by atoms with Gasteiger partial charge in [-0.25, -0.2) is 0 Å². The summed E-state index contributed by atoms with van der Waals surface area (Å²) in [5, 5.41) is 3.01. The van der Waals surface area contributed by atoms with Gasteiger partial charge in [-0.05, 0) is 36.1 Å². The fraction of sp³-hybridized carbons (Fsp3) is 0.235. The molecule has 0 heterocycles. The zero-order valence-electron chi connectivity index (χ0n) is 11.3. The maximum absolute atomic E-state index is 12.5. The highest BCUT2D eigenvalue weighted by molar-refractivity contribution is 6.01. The Morgan fingerprint density at radius 3 is 2.25 bits per heavy atom. The van der Waals surface area contributed by atoms with Crippen LogP contribution in [0.5, 0.6) is 0 Å². The molecule has 3 nitrogen and oxygen atoms in total.